The van der Waals surface area contributed by atoms with Crippen molar-refractivity contribution in [1.29, 1.82) is 0 Å². The van der Waals surface area contributed by atoms with Gasteiger partial charge in [0.1, 0.15) is 29.5 Å². The van der Waals surface area contributed by atoms with Crippen LogP contribution in [0.1, 0.15) is 75.4 Å². The molecule has 212 valence electrons. The van der Waals surface area contributed by atoms with E-state index in [9.17, 15) is 0 Å². The average Bonchev–Trinajstić information content (AvgIpc) is 3.73. The lowest BCUT2D eigenvalue weighted by molar-refractivity contribution is 0.164. The Hall–Kier alpha value is -3.46. The number of aliphatic imine (C=N–C) groups is 2. The predicted octanol–water partition coefficient (Wildman–Crippen LogP) is 6.81. The Bertz CT molecular complexity index is 1410. The fourth-order valence-corrected chi connectivity index (χ4v) is 5.98. The highest BCUT2D eigenvalue weighted by Crippen LogP contribution is 2.36. The van der Waals surface area contributed by atoms with Crippen molar-refractivity contribution >= 4 is 29.3 Å². The molecule has 1 atom stereocenters. The van der Waals surface area contributed by atoms with Gasteiger partial charge in [-0.15, -0.1) is 0 Å². The van der Waals surface area contributed by atoms with Gasteiger partial charge in [-0.2, -0.15) is 0 Å². The van der Waals surface area contributed by atoms with Crippen LogP contribution in [0.4, 0.5) is 14.6 Å². The van der Waals surface area contributed by atoms with Gasteiger partial charge in [-0.1, -0.05) is 13.0 Å². The van der Waals surface area contributed by atoms with Gasteiger partial charge in [-0.05, 0) is 102 Å². The first-order valence-corrected chi connectivity index (χ1v) is 14.3. The number of nitrogens with zero attached hydrogens (tertiary/aromatic N) is 6. The first-order valence-electron chi connectivity index (χ1n) is 14.3. The van der Waals surface area contributed by atoms with Crippen molar-refractivity contribution in [2.24, 2.45) is 15.9 Å². The molecule has 0 bridgehead atoms. The van der Waals surface area contributed by atoms with Gasteiger partial charge >= 0.3 is 0 Å². The Kier molecular flexibility index (Phi) is 8.40. The Labute approximate surface area is 235 Å². The molecule has 1 aliphatic heterocycles. The third-order valence-corrected chi connectivity index (χ3v) is 8.30. The highest BCUT2D eigenvalue weighted by molar-refractivity contribution is 6.12. The van der Waals surface area contributed by atoms with Crippen LogP contribution in [0.3, 0.4) is 0 Å². The summed E-state index contributed by atoms with van der Waals surface area (Å²) < 4.78 is 32.1. The molecule has 1 unspecified atom stereocenters. The largest absolute Gasteiger partial charge is 0.351 e. The first-order chi connectivity index (χ1) is 19.3. The normalized spacial score (nSPS) is 18.5. The molecule has 1 aliphatic carbocycles. The minimum atomic E-state index is -0.701. The molecule has 0 spiro atoms. The van der Waals surface area contributed by atoms with Gasteiger partial charge < -0.3 is 14.8 Å². The number of pyridine rings is 1. The SMILES string of the molecule is C=N/C=C(/F)C(=NCNc1ccc(C(C)C2CCN(C3CC3)CC2)cn1)c1cc(F)c2nc(C)n(C(C)C)c2c1. The lowest BCUT2D eigenvalue weighted by Crippen LogP contribution is -2.36. The van der Waals surface area contributed by atoms with Crippen molar-refractivity contribution in [3.05, 3.63) is 65.3 Å². The number of anilines is 1. The highest BCUT2D eigenvalue weighted by Gasteiger charge is 2.33. The topological polar surface area (TPSA) is 70.7 Å². The lowest BCUT2D eigenvalue weighted by atomic mass is 9.82. The number of imidazole rings is 1. The maximum atomic E-state index is 15.1. The maximum Gasteiger partial charge on any atom is 0.167 e. The first kappa shape index (κ1) is 28.1. The average molecular weight is 548 g/mol. The fraction of sp³-hybridized carbons (Fsp3) is 0.484. The van der Waals surface area contributed by atoms with Gasteiger partial charge in [-0.25, -0.2) is 18.7 Å². The van der Waals surface area contributed by atoms with Crippen LogP contribution in [0.25, 0.3) is 11.0 Å². The molecule has 1 N–H and O–H groups in total. The van der Waals surface area contributed by atoms with Crippen LogP contribution in [-0.4, -0.2) is 57.7 Å². The lowest BCUT2D eigenvalue weighted by Gasteiger charge is -2.35. The van der Waals surface area contributed by atoms with Crippen LogP contribution in [0.15, 0.2) is 52.5 Å². The van der Waals surface area contributed by atoms with Gasteiger partial charge in [0.2, 0.25) is 0 Å². The van der Waals surface area contributed by atoms with Crippen molar-refractivity contribution in [2.45, 2.75) is 71.4 Å². The van der Waals surface area contributed by atoms with Crippen molar-refractivity contribution in [2.75, 3.05) is 25.1 Å². The number of aryl methyl sites for hydroxylation is 1. The molecule has 7 nitrogen and oxygen atoms in total. The van der Waals surface area contributed by atoms with E-state index in [1.54, 1.807) is 6.07 Å². The summed E-state index contributed by atoms with van der Waals surface area (Å²) in [5.41, 5.74) is 2.36. The molecular formula is C31H39F2N7. The molecule has 1 aromatic carbocycles. The molecule has 1 saturated carbocycles. The van der Waals surface area contributed by atoms with E-state index in [4.69, 9.17) is 0 Å². The zero-order valence-electron chi connectivity index (χ0n) is 23.9. The van der Waals surface area contributed by atoms with Crippen LogP contribution >= 0.6 is 0 Å². The Morgan fingerprint density at radius 2 is 1.93 bits per heavy atom. The highest BCUT2D eigenvalue weighted by atomic mass is 19.1. The monoisotopic (exact) mass is 547 g/mol. The second-order valence-electron chi connectivity index (χ2n) is 11.3. The molecule has 2 fully saturated rings. The molecule has 0 radical (unpaired) electrons. The number of piperidine rings is 1. The molecular weight excluding hydrogens is 508 g/mol. The quantitative estimate of drug-likeness (QED) is 0.283. The number of fused-ring (bicyclic) bond motifs is 1. The molecule has 2 aliphatic rings. The minimum absolute atomic E-state index is 0.0161. The van der Waals surface area contributed by atoms with Crippen molar-refractivity contribution in [1.82, 2.24) is 19.4 Å². The number of aromatic nitrogens is 3. The van der Waals surface area contributed by atoms with Crippen LogP contribution in [0.2, 0.25) is 0 Å². The van der Waals surface area contributed by atoms with E-state index in [1.807, 2.05) is 37.6 Å². The zero-order valence-corrected chi connectivity index (χ0v) is 23.9. The third kappa shape index (κ3) is 5.99. The summed E-state index contributed by atoms with van der Waals surface area (Å²) in [5, 5.41) is 3.14. The van der Waals surface area contributed by atoms with Gasteiger partial charge in [0.25, 0.3) is 0 Å². The summed E-state index contributed by atoms with van der Waals surface area (Å²) in [5.74, 6) is 1.23. The number of allylic oxidation sites excluding steroid dienone is 1. The van der Waals surface area contributed by atoms with Crippen molar-refractivity contribution < 1.29 is 8.78 Å². The van der Waals surface area contributed by atoms with E-state index in [-0.39, 0.29) is 23.9 Å². The summed E-state index contributed by atoms with van der Waals surface area (Å²) in [6, 6.07) is 7.93. The number of nitrogens with one attached hydrogen (secondary N) is 1. The number of halogens is 2. The van der Waals surface area contributed by atoms with Crippen LogP contribution < -0.4 is 5.32 Å². The number of hydrogen-bond acceptors (Lipinski definition) is 6. The number of benzene rings is 1. The Morgan fingerprint density at radius 1 is 1.18 bits per heavy atom. The second-order valence-corrected chi connectivity index (χ2v) is 11.3. The molecule has 2 aromatic heterocycles. The summed E-state index contributed by atoms with van der Waals surface area (Å²) in [7, 11) is 0. The van der Waals surface area contributed by atoms with Gasteiger partial charge in [0.05, 0.1) is 11.7 Å². The summed E-state index contributed by atoms with van der Waals surface area (Å²) in [6.07, 6.45) is 8.11. The van der Waals surface area contributed by atoms with Crippen LogP contribution in [0.5, 0.6) is 0 Å². The summed E-state index contributed by atoms with van der Waals surface area (Å²) in [6.45, 7) is 13.9. The molecule has 0 amide bonds. The third-order valence-electron chi connectivity index (χ3n) is 8.30. The van der Waals surface area contributed by atoms with Gasteiger partial charge in [0, 0.05) is 23.8 Å². The predicted molar refractivity (Wildman–Crippen MR) is 159 cm³/mol. The van der Waals surface area contributed by atoms with E-state index in [0.29, 0.717) is 34.6 Å². The van der Waals surface area contributed by atoms with E-state index >= 15 is 8.78 Å². The van der Waals surface area contributed by atoms with E-state index in [2.05, 4.69) is 49.9 Å². The zero-order chi connectivity index (χ0) is 28.4. The van der Waals surface area contributed by atoms with Crippen molar-refractivity contribution in [3.8, 4) is 0 Å². The standard InChI is InChI=1S/C31H39F2N7/c1-19(2)40-21(4)38-31-26(32)14-24(15-28(31)40)30(27(33)17-34-5)37-18-36-29-9-6-23(16-35-29)20(3)22-10-12-39(13-11-22)25-7-8-25/h6,9,14-17,19-20,22,25H,5,7-8,10-13,18H2,1-4H3,(H,35,36)/b27-17+,37-30?. The van der Waals surface area contributed by atoms with E-state index < -0.39 is 11.6 Å². The van der Waals surface area contributed by atoms with Gasteiger partial charge in [-0.3, -0.25) is 9.98 Å². The van der Waals surface area contributed by atoms with Gasteiger partial charge in [0.15, 0.2) is 11.6 Å². The number of hydrogen-bond donors (Lipinski definition) is 1. The number of likely N-dealkylation sites (tertiary alicyclic amines) is 1. The maximum absolute atomic E-state index is 15.1. The van der Waals surface area contributed by atoms with Crippen molar-refractivity contribution in [3.63, 3.8) is 0 Å². The molecule has 9 heteroatoms. The van der Waals surface area contributed by atoms with E-state index in [0.717, 1.165) is 12.2 Å². The van der Waals surface area contributed by atoms with Crippen LogP contribution in [0, 0.1) is 18.7 Å². The van der Waals surface area contributed by atoms with E-state index in [1.165, 1.54) is 50.4 Å². The number of rotatable bonds is 10. The minimum Gasteiger partial charge on any atom is -0.351 e. The second kappa shape index (κ2) is 12.0. The summed E-state index contributed by atoms with van der Waals surface area (Å²) in [4.78, 5) is 19.6. The smallest absolute Gasteiger partial charge is 0.167 e. The van der Waals surface area contributed by atoms with Crippen LogP contribution in [-0.2, 0) is 0 Å². The fourth-order valence-electron chi connectivity index (χ4n) is 5.98. The molecule has 3 heterocycles. The molecule has 3 aromatic rings. The molecule has 40 heavy (non-hydrogen) atoms. The summed E-state index contributed by atoms with van der Waals surface area (Å²) >= 11 is 0. The molecule has 5 rings (SSSR count). The Morgan fingerprint density at radius 3 is 2.55 bits per heavy atom. The Balaban J connectivity index is 1.30. The molecule has 1 saturated heterocycles.